The van der Waals surface area contributed by atoms with E-state index in [0.717, 1.165) is 31.3 Å². The standard InChI is InChI=1S/C21H19Br2NO/c1-24(2)18-11-8-16(9-12-18)21(25,15-6-4-3-5-7-15)19-14-17(22)10-13-20(19)23/h3-14,25H,1-2H3. The largest absolute Gasteiger partial charge is 0.378 e. The van der Waals surface area contributed by atoms with E-state index in [9.17, 15) is 5.11 Å². The smallest absolute Gasteiger partial charge is 0.141 e. The van der Waals surface area contributed by atoms with Crippen molar-refractivity contribution >= 4 is 37.5 Å². The van der Waals surface area contributed by atoms with Gasteiger partial charge in [-0.25, -0.2) is 0 Å². The van der Waals surface area contributed by atoms with Crippen molar-refractivity contribution in [2.24, 2.45) is 0 Å². The Kier molecular flexibility index (Phi) is 5.32. The van der Waals surface area contributed by atoms with Crippen LogP contribution in [0.4, 0.5) is 5.69 Å². The van der Waals surface area contributed by atoms with Crippen LogP contribution in [0.15, 0.2) is 81.7 Å². The van der Waals surface area contributed by atoms with Crippen molar-refractivity contribution in [2.75, 3.05) is 19.0 Å². The molecule has 3 aromatic carbocycles. The molecule has 0 aliphatic rings. The van der Waals surface area contributed by atoms with Gasteiger partial charge in [0.2, 0.25) is 0 Å². The third-order valence-corrected chi connectivity index (χ3v) is 5.50. The minimum Gasteiger partial charge on any atom is -0.378 e. The molecule has 2 nitrogen and oxygen atoms in total. The van der Waals surface area contributed by atoms with Crippen LogP contribution in [-0.2, 0) is 5.60 Å². The van der Waals surface area contributed by atoms with Gasteiger partial charge in [-0.15, -0.1) is 0 Å². The highest BCUT2D eigenvalue weighted by Crippen LogP contribution is 2.41. The van der Waals surface area contributed by atoms with Crippen molar-refractivity contribution < 1.29 is 5.11 Å². The van der Waals surface area contributed by atoms with E-state index in [4.69, 9.17) is 0 Å². The van der Waals surface area contributed by atoms with Crippen molar-refractivity contribution in [3.05, 3.63) is 98.4 Å². The number of hydrogen-bond acceptors (Lipinski definition) is 2. The number of anilines is 1. The molecular formula is C21H19Br2NO. The van der Waals surface area contributed by atoms with Crippen molar-refractivity contribution in [3.63, 3.8) is 0 Å². The Labute approximate surface area is 165 Å². The quantitative estimate of drug-likeness (QED) is 0.515. The molecule has 3 rings (SSSR count). The van der Waals surface area contributed by atoms with Crippen molar-refractivity contribution in [3.8, 4) is 0 Å². The van der Waals surface area contributed by atoms with E-state index in [0.29, 0.717) is 0 Å². The van der Waals surface area contributed by atoms with Gasteiger partial charge in [-0.3, -0.25) is 0 Å². The number of rotatable bonds is 4. The molecule has 4 heteroatoms. The van der Waals surface area contributed by atoms with Gasteiger partial charge in [0.15, 0.2) is 0 Å². The van der Waals surface area contributed by atoms with Gasteiger partial charge in [-0.2, -0.15) is 0 Å². The van der Waals surface area contributed by atoms with Gasteiger partial charge in [-0.05, 0) is 41.5 Å². The summed E-state index contributed by atoms with van der Waals surface area (Å²) in [4.78, 5) is 2.04. The molecule has 0 saturated carbocycles. The number of benzene rings is 3. The Hall–Kier alpha value is -1.62. The Morgan fingerprint density at radius 2 is 1.40 bits per heavy atom. The molecule has 0 aliphatic carbocycles. The van der Waals surface area contributed by atoms with E-state index in [2.05, 4.69) is 31.9 Å². The van der Waals surface area contributed by atoms with Crippen LogP contribution in [0, 0.1) is 0 Å². The predicted octanol–water partition coefficient (Wildman–Crippen LogP) is 5.56. The molecule has 25 heavy (non-hydrogen) atoms. The monoisotopic (exact) mass is 459 g/mol. The first-order valence-electron chi connectivity index (χ1n) is 7.94. The lowest BCUT2D eigenvalue weighted by molar-refractivity contribution is 0.125. The van der Waals surface area contributed by atoms with Crippen LogP contribution in [0.2, 0.25) is 0 Å². The molecule has 1 unspecified atom stereocenters. The predicted molar refractivity (Wildman–Crippen MR) is 111 cm³/mol. The van der Waals surface area contributed by atoms with Crippen LogP contribution in [0.5, 0.6) is 0 Å². The lowest BCUT2D eigenvalue weighted by atomic mass is 9.80. The number of hydrogen-bond donors (Lipinski definition) is 1. The fourth-order valence-electron chi connectivity index (χ4n) is 2.93. The average molecular weight is 461 g/mol. The highest BCUT2D eigenvalue weighted by atomic mass is 79.9. The van der Waals surface area contributed by atoms with Crippen LogP contribution in [-0.4, -0.2) is 19.2 Å². The zero-order valence-corrected chi connectivity index (χ0v) is 17.3. The molecule has 3 aromatic rings. The maximum absolute atomic E-state index is 11.9. The molecule has 0 aliphatic heterocycles. The summed E-state index contributed by atoms with van der Waals surface area (Å²) in [7, 11) is 4.01. The third kappa shape index (κ3) is 3.52. The van der Waals surface area contributed by atoms with Crippen molar-refractivity contribution in [1.82, 2.24) is 0 Å². The summed E-state index contributed by atoms with van der Waals surface area (Å²) in [5, 5.41) is 11.9. The average Bonchev–Trinajstić information content (AvgIpc) is 2.64. The van der Waals surface area contributed by atoms with Gasteiger partial charge in [0.05, 0.1) is 0 Å². The molecular weight excluding hydrogens is 442 g/mol. The summed E-state index contributed by atoms with van der Waals surface area (Å²) in [6, 6.07) is 23.6. The molecule has 0 aromatic heterocycles. The molecule has 0 fully saturated rings. The minimum atomic E-state index is -1.26. The van der Waals surface area contributed by atoms with Gasteiger partial charge < -0.3 is 10.0 Å². The van der Waals surface area contributed by atoms with Gasteiger partial charge in [0.25, 0.3) is 0 Å². The lowest BCUT2D eigenvalue weighted by Crippen LogP contribution is -2.29. The zero-order chi connectivity index (χ0) is 18.0. The van der Waals surface area contributed by atoms with Gasteiger partial charge >= 0.3 is 0 Å². The summed E-state index contributed by atoms with van der Waals surface area (Å²) in [6.07, 6.45) is 0. The molecule has 0 heterocycles. The summed E-state index contributed by atoms with van der Waals surface area (Å²) >= 11 is 7.14. The van der Waals surface area contributed by atoms with Crippen LogP contribution >= 0.6 is 31.9 Å². The van der Waals surface area contributed by atoms with Gasteiger partial charge in [0.1, 0.15) is 5.60 Å². The first-order chi connectivity index (χ1) is 11.9. The summed E-state index contributed by atoms with van der Waals surface area (Å²) in [5.41, 5.74) is 2.28. The zero-order valence-electron chi connectivity index (χ0n) is 14.1. The first-order valence-corrected chi connectivity index (χ1v) is 9.53. The Morgan fingerprint density at radius 3 is 2.00 bits per heavy atom. The molecule has 0 spiro atoms. The van der Waals surface area contributed by atoms with E-state index < -0.39 is 5.60 Å². The Balaban J connectivity index is 2.24. The maximum Gasteiger partial charge on any atom is 0.141 e. The van der Waals surface area contributed by atoms with E-state index in [1.54, 1.807) is 0 Å². The molecule has 1 atom stereocenters. The highest BCUT2D eigenvalue weighted by Gasteiger charge is 2.35. The number of halogens is 2. The minimum absolute atomic E-state index is 0.797. The van der Waals surface area contributed by atoms with E-state index in [1.807, 2.05) is 91.8 Å². The van der Waals surface area contributed by atoms with E-state index >= 15 is 0 Å². The first kappa shape index (κ1) is 18.2. The third-order valence-electron chi connectivity index (χ3n) is 4.31. The summed E-state index contributed by atoms with van der Waals surface area (Å²) < 4.78 is 1.78. The van der Waals surface area contributed by atoms with Crippen LogP contribution in [0.25, 0.3) is 0 Å². The van der Waals surface area contributed by atoms with Crippen molar-refractivity contribution in [2.45, 2.75) is 5.60 Å². The SMILES string of the molecule is CN(C)c1ccc(C(O)(c2ccccc2)c2cc(Br)ccc2Br)cc1. The molecule has 0 bridgehead atoms. The van der Waals surface area contributed by atoms with Crippen molar-refractivity contribution in [1.29, 1.82) is 0 Å². The van der Waals surface area contributed by atoms with Crippen LogP contribution in [0.3, 0.4) is 0 Å². The van der Waals surface area contributed by atoms with Gasteiger partial charge in [-0.1, -0.05) is 74.3 Å². The second-order valence-corrected chi connectivity index (χ2v) is 7.91. The maximum atomic E-state index is 11.9. The van der Waals surface area contributed by atoms with Crippen LogP contribution in [0.1, 0.15) is 16.7 Å². The summed E-state index contributed by atoms with van der Waals surface area (Å²) in [5.74, 6) is 0. The Morgan fingerprint density at radius 1 is 0.800 bits per heavy atom. The second kappa shape index (κ2) is 7.32. The van der Waals surface area contributed by atoms with E-state index in [1.165, 1.54) is 0 Å². The highest BCUT2D eigenvalue weighted by molar-refractivity contribution is 9.11. The topological polar surface area (TPSA) is 23.5 Å². The Bertz CT molecular complexity index is 863. The fraction of sp³-hybridized carbons (Fsp3) is 0.143. The molecule has 1 N–H and O–H groups in total. The molecule has 0 saturated heterocycles. The fourth-order valence-corrected chi connectivity index (χ4v) is 3.83. The molecule has 0 amide bonds. The molecule has 128 valence electrons. The normalized spacial score (nSPS) is 13.3. The van der Waals surface area contributed by atoms with Crippen LogP contribution < -0.4 is 4.90 Å². The summed E-state index contributed by atoms with van der Waals surface area (Å²) in [6.45, 7) is 0. The number of nitrogens with zero attached hydrogens (tertiary/aromatic N) is 1. The lowest BCUT2D eigenvalue weighted by Gasteiger charge is -2.31. The number of aliphatic hydroxyl groups is 1. The second-order valence-electron chi connectivity index (χ2n) is 6.14. The van der Waals surface area contributed by atoms with Gasteiger partial charge in [0, 0.05) is 34.3 Å². The van der Waals surface area contributed by atoms with E-state index in [-0.39, 0.29) is 0 Å². The molecule has 0 radical (unpaired) electrons.